The zero-order valence-electron chi connectivity index (χ0n) is 13.5. The summed E-state index contributed by atoms with van der Waals surface area (Å²) in [6.45, 7) is 5.39. The first-order valence-corrected chi connectivity index (χ1v) is 8.18. The van der Waals surface area contributed by atoms with Crippen LogP contribution in [0.25, 0.3) is 0 Å². The highest BCUT2D eigenvalue weighted by atomic mass is 35.5. The largest absolute Gasteiger partial charge is 0.491 e. The number of benzene rings is 2. The molecule has 0 aliphatic heterocycles. The summed E-state index contributed by atoms with van der Waals surface area (Å²) in [5.41, 5.74) is 1.29. The van der Waals surface area contributed by atoms with Gasteiger partial charge in [-0.1, -0.05) is 37.6 Å². The molecule has 0 spiro atoms. The first-order chi connectivity index (χ1) is 11.2. The minimum atomic E-state index is 0.596. The summed E-state index contributed by atoms with van der Waals surface area (Å²) in [6.07, 6.45) is 1.86. The Morgan fingerprint density at radius 2 is 1.43 bits per heavy atom. The molecule has 122 valence electrons. The Balaban J connectivity index is 2.24. The lowest BCUT2D eigenvalue weighted by molar-refractivity contribution is 0.317. The van der Waals surface area contributed by atoms with E-state index in [4.69, 9.17) is 21.1 Å². The maximum absolute atomic E-state index is 6.05. The Morgan fingerprint density at radius 3 is 2.13 bits per heavy atom. The number of halogens is 1. The summed E-state index contributed by atoms with van der Waals surface area (Å²) in [7, 11) is 0. The highest BCUT2D eigenvalue weighted by Gasteiger charge is 2.06. The molecule has 2 aromatic rings. The molecular weight excluding hydrogens is 312 g/mol. The predicted octanol–water partition coefficient (Wildman–Crippen LogP) is 6.33. The number of azo groups is 1. The molecule has 0 heterocycles. The number of hydrogen-bond donors (Lipinski definition) is 0. The first kappa shape index (κ1) is 17.3. The van der Waals surface area contributed by atoms with Crippen molar-refractivity contribution >= 4 is 23.0 Å². The summed E-state index contributed by atoms with van der Waals surface area (Å²) < 4.78 is 11.4. The molecule has 0 aromatic heterocycles. The van der Waals surface area contributed by atoms with Crippen molar-refractivity contribution < 1.29 is 9.47 Å². The van der Waals surface area contributed by atoms with Gasteiger partial charge in [0.25, 0.3) is 0 Å². The van der Waals surface area contributed by atoms with E-state index in [2.05, 4.69) is 24.1 Å². The Hall–Kier alpha value is -2.07. The molecule has 0 unspecified atom stereocenters. The van der Waals surface area contributed by atoms with Gasteiger partial charge in [-0.2, -0.15) is 0 Å². The van der Waals surface area contributed by atoms with E-state index in [9.17, 15) is 0 Å². The highest BCUT2D eigenvalue weighted by Crippen LogP contribution is 2.34. The van der Waals surface area contributed by atoms with E-state index in [0.717, 1.165) is 18.6 Å². The van der Waals surface area contributed by atoms with Gasteiger partial charge in [0.2, 0.25) is 0 Å². The fourth-order valence-corrected chi connectivity index (χ4v) is 2.05. The zero-order chi connectivity index (χ0) is 16.5. The van der Waals surface area contributed by atoms with E-state index in [-0.39, 0.29) is 0 Å². The van der Waals surface area contributed by atoms with Crippen LogP contribution in [-0.4, -0.2) is 13.2 Å². The van der Waals surface area contributed by atoms with Crippen molar-refractivity contribution in [1.82, 2.24) is 0 Å². The van der Waals surface area contributed by atoms with Crippen LogP contribution in [0.15, 0.2) is 52.7 Å². The van der Waals surface area contributed by atoms with E-state index >= 15 is 0 Å². The van der Waals surface area contributed by atoms with E-state index in [1.807, 2.05) is 30.3 Å². The molecule has 4 nitrogen and oxygen atoms in total. The van der Waals surface area contributed by atoms with Crippen molar-refractivity contribution in [1.29, 1.82) is 0 Å². The monoisotopic (exact) mass is 332 g/mol. The Bertz CT molecular complexity index is 659. The lowest BCUT2D eigenvalue weighted by Gasteiger charge is -2.08. The van der Waals surface area contributed by atoms with E-state index in [1.165, 1.54) is 0 Å². The summed E-state index contributed by atoms with van der Waals surface area (Å²) in [6, 6.07) is 12.9. The van der Waals surface area contributed by atoms with Crippen molar-refractivity contribution in [2.24, 2.45) is 10.2 Å². The molecule has 0 aliphatic carbocycles. The van der Waals surface area contributed by atoms with Crippen LogP contribution in [0.3, 0.4) is 0 Å². The van der Waals surface area contributed by atoms with Crippen LogP contribution in [0.4, 0.5) is 11.4 Å². The van der Waals surface area contributed by atoms with Gasteiger partial charge < -0.3 is 9.47 Å². The van der Waals surface area contributed by atoms with E-state index in [1.54, 1.807) is 12.1 Å². The van der Waals surface area contributed by atoms with Crippen LogP contribution in [0.2, 0.25) is 5.02 Å². The summed E-state index contributed by atoms with van der Waals surface area (Å²) in [5, 5.41) is 9.19. The second-order valence-corrected chi connectivity index (χ2v) is 5.41. The predicted molar refractivity (Wildman–Crippen MR) is 93.6 cm³/mol. The van der Waals surface area contributed by atoms with E-state index in [0.29, 0.717) is 35.4 Å². The quantitative estimate of drug-likeness (QED) is 0.530. The molecule has 0 aliphatic rings. The van der Waals surface area contributed by atoms with Crippen LogP contribution in [0.1, 0.15) is 26.7 Å². The van der Waals surface area contributed by atoms with Crippen LogP contribution in [0.5, 0.6) is 11.5 Å². The molecule has 0 saturated heterocycles. The van der Waals surface area contributed by atoms with Gasteiger partial charge in [0, 0.05) is 5.02 Å². The minimum absolute atomic E-state index is 0.596. The van der Waals surface area contributed by atoms with Gasteiger partial charge in [-0.15, -0.1) is 10.2 Å². The third-order valence-corrected chi connectivity index (χ3v) is 3.21. The fraction of sp³-hybridized carbons (Fsp3) is 0.333. The normalized spacial score (nSPS) is 10.9. The van der Waals surface area contributed by atoms with Crippen LogP contribution in [0, 0.1) is 0 Å². The van der Waals surface area contributed by atoms with Gasteiger partial charge in [-0.25, -0.2) is 0 Å². The number of para-hydroxylation sites is 1. The Morgan fingerprint density at radius 1 is 0.826 bits per heavy atom. The van der Waals surface area contributed by atoms with E-state index < -0.39 is 0 Å². The molecule has 0 N–H and O–H groups in total. The summed E-state index contributed by atoms with van der Waals surface area (Å²) >= 11 is 6.05. The van der Waals surface area contributed by atoms with Crippen molar-refractivity contribution in [3.63, 3.8) is 0 Å². The van der Waals surface area contributed by atoms with Crippen molar-refractivity contribution in [3.8, 4) is 11.5 Å². The number of nitrogens with zero attached hydrogens (tertiary/aromatic N) is 2. The van der Waals surface area contributed by atoms with Crippen LogP contribution >= 0.6 is 11.6 Å². The average molecular weight is 333 g/mol. The second-order valence-electron chi connectivity index (χ2n) is 4.98. The molecule has 2 rings (SSSR count). The Kier molecular flexibility index (Phi) is 6.88. The van der Waals surface area contributed by atoms with Gasteiger partial charge in [0.1, 0.15) is 22.9 Å². The lowest BCUT2D eigenvalue weighted by Crippen LogP contribution is -1.95. The van der Waals surface area contributed by atoms with Crippen molar-refractivity contribution in [2.75, 3.05) is 13.2 Å². The van der Waals surface area contributed by atoms with Gasteiger partial charge in [0.15, 0.2) is 0 Å². The number of hydrogen-bond acceptors (Lipinski definition) is 4. The SMILES string of the molecule is CCCOc1ccccc1N=Nc1cc(Cl)ccc1OCCC. The zero-order valence-corrected chi connectivity index (χ0v) is 14.2. The summed E-state index contributed by atoms with van der Waals surface area (Å²) in [5.74, 6) is 1.39. The topological polar surface area (TPSA) is 43.2 Å². The summed E-state index contributed by atoms with van der Waals surface area (Å²) in [4.78, 5) is 0. The highest BCUT2D eigenvalue weighted by molar-refractivity contribution is 6.30. The van der Waals surface area contributed by atoms with Gasteiger partial charge >= 0.3 is 0 Å². The molecule has 5 heteroatoms. The van der Waals surface area contributed by atoms with Crippen LogP contribution in [-0.2, 0) is 0 Å². The standard InChI is InChI=1S/C18H21ClN2O2/c1-3-11-22-17-8-6-5-7-15(17)20-21-16-13-14(19)9-10-18(16)23-12-4-2/h5-10,13H,3-4,11-12H2,1-2H3. The van der Waals surface area contributed by atoms with Gasteiger partial charge in [-0.3, -0.25) is 0 Å². The average Bonchev–Trinajstić information content (AvgIpc) is 2.58. The smallest absolute Gasteiger partial charge is 0.146 e. The molecule has 0 bridgehead atoms. The maximum atomic E-state index is 6.05. The molecule has 0 atom stereocenters. The maximum Gasteiger partial charge on any atom is 0.146 e. The molecule has 0 amide bonds. The van der Waals surface area contributed by atoms with Crippen molar-refractivity contribution in [3.05, 3.63) is 47.5 Å². The van der Waals surface area contributed by atoms with Gasteiger partial charge in [0.05, 0.1) is 13.2 Å². The molecular formula is C18H21ClN2O2. The molecule has 0 radical (unpaired) electrons. The molecule has 0 fully saturated rings. The number of ether oxygens (including phenoxy) is 2. The first-order valence-electron chi connectivity index (χ1n) is 7.80. The number of rotatable bonds is 8. The minimum Gasteiger partial charge on any atom is -0.491 e. The third kappa shape index (κ3) is 5.25. The van der Waals surface area contributed by atoms with Crippen LogP contribution < -0.4 is 9.47 Å². The second kappa shape index (κ2) is 9.16. The fourth-order valence-electron chi connectivity index (χ4n) is 1.88. The lowest BCUT2D eigenvalue weighted by atomic mass is 10.3. The molecule has 23 heavy (non-hydrogen) atoms. The molecule has 2 aromatic carbocycles. The molecule has 0 saturated carbocycles. The van der Waals surface area contributed by atoms with Crippen molar-refractivity contribution in [2.45, 2.75) is 26.7 Å². The third-order valence-electron chi connectivity index (χ3n) is 2.98. The Labute approximate surface area is 142 Å². The van der Waals surface area contributed by atoms with Gasteiger partial charge in [-0.05, 0) is 43.2 Å².